The summed E-state index contributed by atoms with van der Waals surface area (Å²) >= 11 is 0. The third kappa shape index (κ3) is 2.83. The van der Waals surface area contributed by atoms with Gasteiger partial charge < -0.3 is 0 Å². The van der Waals surface area contributed by atoms with Crippen molar-refractivity contribution < 1.29 is 22.6 Å². The highest BCUT2D eigenvalue weighted by molar-refractivity contribution is 8.56. The Labute approximate surface area is 43.6 Å². The summed E-state index contributed by atoms with van der Waals surface area (Å²) in [7, 11) is -5.11. The zero-order chi connectivity index (χ0) is 5.86. The van der Waals surface area contributed by atoms with E-state index in [1.807, 2.05) is 0 Å². The minimum Gasteiger partial charge on any atom is -0.294 e. The topological polar surface area (TPSA) is 83.8 Å². The van der Waals surface area contributed by atoms with E-state index in [1.165, 1.54) is 0 Å². The summed E-state index contributed by atoms with van der Waals surface area (Å²) in [5.41, 5.74) is 0. The first kappa shape index (κ1) is 7.18. The van der Waals surface area contributed by atoms with Crippen LogP contribution in [0.5, 0.6) is 0 Å². The molecule has 0 spiro atoms. The number of rotatable bonds is 2. The van der Waals surface area contributed by atoms with Crippen molar-refractivity contribution in [1.29, 1.82) is 0 Å². The number of hydrogen-bond acceptors (Lipinski definition) is 4. The molecule has 2 unspecified atom stereocenters. The molecule has 0 aliphatic carbocycles. The van der Waals surface area contributed by atoms with Gasteiger partial charge in [0.15, 0.2) is 0 Å². The van der Waals surface area contributed by atoms with Crippen molar-refractivity contribution in [2.24, 2.45) is 0 Å². The van der Waals surface area contributed by atoms with Gasteiger partial charge in [-0.2, -0.15) is 0 Å². The van der Waals surface area contributed by atoms with Gasteiger partial charge in [0.25, 0.3) is 10.1 Å². The fraction of sp³-hybridized carbons (Fsp3) is 0. The summed E-state index contributed by atoms with van der Waals surface area (Å²) in [5.74, 6) is 0. The smallest absolute Gasteiger partial charge is 0.294 e. The molecular formula is H2O5S2. The van der Waals surface area contributed by atoms with Crippen LogP contribution >= 0.6 is 0 Å². The summed E-state index contributed by atoms with van der Waals surface area (Å²) in [5, 5.41) is 7.35. The quantitative estimate of drug-likeness (QED) is 0.232. The standard InChI is InChI=1S/H2O5S2/c1-5-7(4)6(2)3/h1H,(H,2,3). The van der Waals surface area contributed by atoms with Crippen molar-refractivity contribution >= 4 is 20.2 Å². The molecule has 0 amide bonds. The largest absolute Gasteiger partial charge is 0.306 e. The Balaban J connectivity index is 3.58. The summed E-state index contributed by atoms with van der Waals surface area (Å²) in [4.78, 5) is 0. The molecule has 0 rings (SSSR count). The van der Waals surface area contributed by atoms with Crippen LogP contribution in [-0.4, -0.2) is 18.2 Å². The molecule has 0 aliphatic heterocycles. The van der Waals surface area contributed by atoms with Gasteiger partial charge in [-0.1, -0.05) is 0 Å². The van der Waals surface area contributed by atoms with Gasteiger partial charge in [-0.3, -0.25) is 4.55 Å². The molecule has 0 fully saturated rings. The summed E-state index contributed by atoms with van der Waals surface area (Å²) < 4.78 is 29.7. The Bertz CT molecular complexity index is 94.3. The van der Waals surface area contributed by atoms with Crippen LogP contribution < -0.4 is 0 Å². The third-order valence-corrected chi connectivity index (χ3v) is 1.41. The lowest BCUT2D eigenvalue weighted by molar-refractivity contribution is -0.121. The lowest BCUT2D eigenvalue weighted by Gasteiger charge is -1.82. The van der Waals surface area contributed by atoms with Crippen LogP contribution in [0.4, 0.5) is 0 Å². The highest BCUT2D eigenvalue weighted by Gasteiger charge is 2.03. The zero-order valence-electron chi connectivity index (χ0n) is 2.94. The van der Waals surface area contributed by atoms with Crippen molar-refractivity contribution in [2.75, 3.05) is 0 Å². The van der Waals surface area contributed by atoms with Crippen LogP contribution in [0.25, 0.3) is 0 Å². The van der Waals surface area contributed by atoms with Crippen molar-refractivity contribution in [3.05, 3.63) is 0 Å². The van der Waals surface area contributed by atoms with E-state index in [9.17, 15) is 8.42 Å². The van der Waals surface area contributed by atoms with Gasteiger partial charge in [-0.25, -0.2) is 13.7 Å². The van der Waals surface area contributed by atoms with E-state index in [4.69, 9.17) is 9.81 Å². The van der Waals surface area contributed by atoms with Gasteiger partial charge in [0, 0.05) is 0 Å². The molecule has 0 bridgehead atoms. The fourth-order valence-electron chi connectivity index (χ4n) is 0.0260. The second kappa shape index (κ2) is 3.22. The Morgan fingerprint density at radius 1 is 1.43 bits per heavy atom. The SMILES string of the molecule is O=S(O)S(=O)OO. The van der Waals surface area contributed by atoms with Gasteiger partial charge in [0.1, 0.15) is 0 Å². The molecule has 0 aromatic rings. The second-order valence-electron chi connectivity index (χ2n) is 0.496. The molecule has 0 saturated heterocycles. The van der Waals surface area contributed by atoms with Crippen LogP contribution in [0.15, 0.2) is 0 Å². The summed E-state index contributed by atoms with van der Waals surface area (Å²) in [6.45, 7) is 0. The van der Waals surface area contributed by atoms with E-state index >= 15 is 0 Å². The van der Waals surface area contributed by atoms with E-state index in [0.717, 1.165) is 0 Å². The second-order valence-corrected chi connectivity index (χ2v) is 3.16. The van der Waals surface area contributed by atoms with E-state index in [1.54, 1.807) is 0 Å². The molecule has 0 aliphatic rings. The Morgan fingerprint density at radius 2 is 1.86 bits per heavy atom. The van der Waals surface area contributed by atoms with Crippen LogP contribution in [0, 0.1) is 0 Å². The molecule has 0 heterocycles. The Hall–Kier alpha value is 0.180. The molecule has 0 radical (unpaired) electrons. The monoisotopic (exact) mass is 146 g/mol. The molecule has 0 aromatic carbocycles. The van der Waals surface area contributed by atoms with Crippen molar-refractivity contribution in [2.45, 2.75) is 0 Å². The van der Waals surface area contributed by atoms with Crippen molar-refractivity contribution in [3.8, 4) is 0 Å². The molecule has 7 heavy (non-hydrogen) atoms. The summed E-state index contributed by atoms with van der Waals surface area (Å²) in [6, 6.07) is 0. The predicted molar refractivity (Wildman–Crippen MR) is 22.6 cm³/mol. The predicted octanol–water partition coefficient (Wildman–Crippen LogP) is -0.724. The average molecular weight is 146 g/mol. The lowest BCUT2D eigenvalue weighted by atomic mass is 15.0. The van der Waals surface area contributed by atoms with Crippen LogP contribution in [0.1, 0.15) is 0 Å². The molecule has 0 saturated carbocycles. The van der Waals surface area contributed by atoms with Gasteiger partial charge in [0.05, 0.1) is 0 Å². The van der Waals surface area contributed by atoms with E-state index in [-0.39, 0.29) is 0 Å². The molecule has 5 nitrogen and oxygen atoms in total. The fourth-order valence-corrected chi connectivity index (χ4v) is 0.234. The molecule has 2 N–H and O–H groups in total. The molecule has 2 atom stereocenters. The maximum atomic E-state index is 9.60. The minimum atomic E-state index is -2.61. The highest BCUT2D eigenvalue weighted by atomic mass is 33.2. The van der Waals surface area contributed by atoms with Gasteiger partial charge in [-0.15, -0.1) is 4.33 Å². The molecule has 7 heteroatoms. The lowest BCUT2D eigenvalue weighted by Crippen LogP contribution is -1.98. The normalized spacial score (nSPS) is 18.6. The van der Waals surface area contributed by atoms with E-state index in [2.05, 4.69) is 4.33 Å². The van der Waals surface area contributed by atoms with Crippen LogP contribution in [-0.2, 0) is 24.6 Å². The molecule has 44 valence electrons. The van der Waals surface area contributed by atoms with E-state index in [0.29, 0.717) is 0 Å². The Kier molecular flexibility index (Phi) is 3.30. The van der Waals surface area contributed by atoms with Crippen molar-refractivity contribution in [3.63, 3.8) is 0 Å². The molecule has 0 aromatic heterocycles. The van der Waals surface area contributed by atoms with Gasteiger partial charge >= 0.3 is 10.1 Å². The average Bonchev–Trinajstić information content (AvgIpc) is 1.65. The maximum absolute atomic E-state index is 9.60. The first-order valence-electron chi connectivity index (χ1n) is 1.03. The minimum absolute atomic E-state index is 2.50. The van der Waals surface area contributed by atoms with Crippen LogP contribution in [0.2, 0.25) is 0 Å². The highest BCUT2D eigenvalue weighted by Crippen LogP contribution is 1.83. The first-order chi connectivity index (χ1) is 3.18. The first-order valence-corrected chi connectivity index (χ1v) is 3.73. The van der Waals surface area contributed by atoms with Crippen LogP contribution in [0.3, 0.4) is 0 Å². The summed E-state index contributed by atoms with van der Waals surface area (Å²) in [6.07, 6.45) is 0. The van der Waals surface area contributed by atoms with Crippen molar-refractivity contribution in [1.82, 2.24) is 0 Å². The van der Waals surface area contributed by atoms with E-state index < -0.39 is 20.2 Å². The molecular weight excluding hydrogens is 144 g/mol. The van der Waals surface area contributed by atoms with Gasteiger partial charge in [0.2, 0.25) is 0 Å². The van der Waals surface area contributed by atoms with Gasteiger partial charge in [-0.05, 0) is 0 Å². The third-order valence-electron chi connectivity index (χ3n) is 0.177. The number of hydrogen-bond donors (Lipinski definition) is 2. The Morgan fingerprint density at radius 3 is 1.86 bits per heavy atom. The maximum Gasteiger partial charge on any atom is 0.306 e. The zero-order valence-corrected chi connectivity index (χ0v) is 4.57.